The van der Waals surface area contributed by atoms with Crippen LogP contribution >= 0.6 is 0 Å². The van der Waals surface area contributed by atoms with Gasteiger partial charge < -0.3 is 10.4 Å². The summed E-state index contributed by atoms with van der Waals surface area (Å²) in [7, 11) is 0. The lowest BCUT2D eigenvalue weighted by atomic mass is 10.00. The number of rotatable bonds is 6. The molecule has 1 aliphatic rings. The minimum atomic E-state index is -0.628. The molecular weight excluding hydrogens is 308 g/mol. The maximum atomic E-state index is 11.0. The first-order valence-electron chi connectivity index (χ1n) is 7.94. The molecule has 24 heavy (non-hydrogen) atoms. The minimum Gasteiger partial charge on any atom is -0.390 e. The second kappa shape index (κ2) is 7.37. The van der Waals surface area contributed by atoms with Gasteiger partial charge in [-0.1, -0.05) is 24.3 Å². The quantitative estimate of drug-likeness (QED) is 0.621. The van der Waals surface area contributed by atoms with E-state index in [0.29, 0.717) is 6.54 Å². The average molecular weight is 328 g/mol. The highest BCUT2D eigenvalue weighted by Crippen LogP contribution is 2.21. The van der Waals surface area contributed by atoms with E-state index in [0.717, 1.165) is 19.5 Å². The van der Waals surface area contributed by atoms with Crippen molar-refractivity contribution >= 4 is 11.5 Å². The number of nitro groups is 1. The number of benzene rings is 1. The molecule has 7 nitrogen and oxygen atoms in total. The van der Waals surface area contributed by atoms with E-state index in [9.17, 15) is 15.2 Å². The number of aliphatic hydroxyl groups is 1. The summed E-state index contributed by atoms with van der Waals surface area (Å²) in [5, 5.41) is 24.1. The topological polar surface area (TPSA) is 91.5 Å². The van der Waals surface area contributed by atoms with Crippen molar-refractivity contribution in [1.29, 1.82) is 0 Å². The van der Waals surface area contributed by atoms with Crippen molar-refractivity contribution in [3.63, 3.8) is 0 Å². The molecule has 1 aromatic heterocycles. The zero-order valence-corrected chi connectivity index (χ0v) is 13.3. The lowest BCUT2D eigenvalue weighted by Gasteiger charge is -2.30. The van der Waals surface area contributed by atoms with Crippen LogP contribution < -0.4 is 5.32 Å². The fourth-order valence-corrected chi connectivity index (χ4v) is 2.97. The summed E-state index contributed by atoms with van der Waals surface area (Å²) < 4.78 is 0. The summed E-state index contributed by atoms with van der Waals surface area (Å²) in [5.41, 5.74) is 2.58. The molecule has 0 bridgehead atoms. The fraction of sp³-hybridized carbons (Fsp3) is 0.353. The van der Waals surface area contributed by atoms with Crippen molar-refractivity contribution in [2.24, 2.45) is 0 Å². The summed E-state index contributed by atoms with van der Waals surface area (Å²) in [5.74, 6) is 0.186. The number of aliphatic hydroxyl groups excluding tert-OH is 1. The summed E-state index contributed by atoms with van der Waals surface area (Å²) >= 11 is 0. The lowest BCUT2D eigenvalue weighted by molar-refractivity contribution is -0.384. The molecule has 2 heterocycles. The minimum absolute atomic E-state index is 0.0865. The molecule has 0 amide bonds. The molecule has 0 radical (unpaired) electrons. The Morgan fingerprint density at radius 2 is 2.08 bits per heavy atom. The first-order chi connectivity index (χ1) is 11.6. The van der Waals surface area contributed by atoms with Crippen LogP contribution in [0.1, 0.15) is 11.1 Å². The number of nitrogens with zero attached hydrogens (tertiary/aromatic N) is 3. The van der Waals surface area contributed by atoms with Gasteiger partial charge in [0.1, 0.15) is 0 Å². The van der Waals surface area contributed by atoms with Crippen LogP contribution in [0.5, 0.6) is 0 Å². The van der Waals surface area contributed by atoms with E-state index in [1.54, 1.807) is 0 Å². The van der Waals surface area contributed by atoms with Crippen LogP contribution in [0, 0.1) is 10.1 Å². The number of aromatic nitrogens is 1. The van der Waals surface area contributed by atoms with E-state index < -0.39 is 11.0 Å². The van der Waals surface area contributed by atoms with Crippen LogP contribution in [-0.2, 0) is 13.0 Å². The maximum Gasteiger partial charge on any atom is 0.311 e. The van der Waals surface area contributed by atoms with E-state index in [4.69, 9.17) is 0 Å². The van der Waals surface area contributed by atoms with Crippen molar-refractivity contribution in [3.8, 4) is 0 Å². The molecular formula is C17H20N4O3. The van der Waals surface area contributed by atoms with Gasteiger partial charge in [0.05, 0.1) is 11.0 Å². The first-order valence-corrected chi connectivity index (χ1v) is 7.94. The normalized spacial score (nSPS) is 15.5. The molecule has 1 aromatic carbocycles. The molecule has 0 unspecified atom stereocenters. The van der Waals surface area contributed by atoms with Gasteiger partial charge in [0.15, 0.2) is 0 Å². The van der Waals surface area contributed by atoms with Gasteiger partial charge in [-0.3, -0.25) is 15.0 Å². The van der Waals surface area contributed by atoms with Crippen LogP contribution in [0.4, 0.5) is 11.5 Å². The fourth-order valence-electron chi connectivity index (χ4n) is 2.97. The molecule has 2 N–H and O–H groups in total. The molecule has 1 atom stereocenters. The Kier molecular flexibility index (Phi) is 5.02. The largest absolute Gasteiger partial charge is 0.390 e. The van der Waals surface area contributed by atoms with Gasteiger partial charge in [-0.25, -0.2) is 4.98 Å². The zero-order valence-electron chi connectivity index (χ0n) is 13.3. The van der Waals surface area contributed by atoms with E-state index in [1.165, 1.54) is 29.5 Å². The predicted molar refractivity (Wildman–Crippen MR) is 90.8 cm³/mol. The standard InChI is InChI=1S/C17H20N4O3/c22-15(10-19-17-16(21(23)24)6-3-8-18-17)12-20-9-7-13-4-1-2-5-14(13)11-20/h1-6,8,15,22H,7,9-12H2,(H,18,19)/t15-/m1/s1. The number of pyridine rings is 1. The van der Waals surface area contributed by atoms with Crippen LogP contribution in [-0.4, -0.2) is 45.7 Å². The average Bonchev–Trinajstić information content (AvgIpc) is 2.60. The highest BCUT2D eigenvalue weighted by atomic mass is 16.6. The van der Waals surface area contributed by atoms with Gasteiger partial charge in [0.25, 0.3) is 0 Å². The highest BCUT2D eigenvalue weighted by molar-refractivity contribution is 5.55. The second-order valence-electron chi connectivity index (χ2n) is 5.92. The summed E-state index contributed by atoms with van der Waals surface area (Å²) in [4.78, 5) is 16.6. The number of hydrogen-bond acceptors (Lipinski definition) is 6. The molecule has 7 heteroatoms. The molecule has 0 spiro atoms. The molecule has 0 saturated carbocycles. The molecule has 0 aliphatic carbocycles. The van der Waals surface area contributed by atoms with Crippen LogP contribution in [0.3, 0.4) is 0 Å². The van der Waals surface area contributed by atoms with E-state index in [1.807, 2.05) is 12.1 Å². The lowest BCUT2D eigenvalue weighted by Crippen LogP contribution is -2.39. The van der Waals surface area contributed by atoms with Crippen LogP contribution in [0.15, 0.2) is 42.6 Å². The summed E-state index contributed by atoms with van der Waals surface area (Å²) in [6.07, 6.45) is 1.84. The van der Waals surface area contributed by atoms with Crippen molar-refractivity contribution in [1.82, 2.24) is 9.88 Å². The Hall–Kier alpha value is -2.51. The molecule has 126 valence electrons. The molecule has 0 saturated heterocycles. The Labute approximate surface area is 140 Å². The van der Waals surface area contributed by atoms with Crippen molar-refractivity contribution < 1.29 is 10.0 Å². The third-order valence-corrected chi connectivity index (χ3v) is 4.17. The molecule has 1 aliphatic heterocycles. The smallest absolute Gasteiger partial charge is 0.311 e. The third-order valence-electron chi connectivity index (χ3n) is 4.17. The Morgan fingerprint density at radius 3 is 2.88 bits per heavy atom. The van der Waals surface area contributed by atoms with Crippen molar-refractivity contribution in [3.05, 3.63) is 63.8 Å². The summed E-state index contributed by atoms with van der Waals surface area (Å²) in [6.45, 7) is 2.45. The number of β-amino-alcohol motifs (C(OH)–C–C–N with tert-alkyl or cyclic N) is 1. The number of nitrogens with one attached hydrogen (secondary N) is 1. The second-order valence-corrected chi connectivity index (χ2v) is 5.92. The van der Waals surface area contributed by atoms with Gasteiger partial charge in [-0.2, -0.15) is 0 Å². The molecule has 3 rings (SSSR count). The van der Waals surface area contributed by atoms with Gasteiger partial charge in [-0.05, 0) is 23.6 Å². The molecule has 2 aromatic rings. The summed E-state index contributed by atoms with van der Waals surface area (Å²) in [6, 6.07) is 11.2. The first kappa shape index (κ1) is 16.4. The Balaban J connectivity index is 1.54. The van der Waals surface area contributed by atoms with Gasteiger partial charge in [0.2, 0.25) is 5.82 Å². The van der Waals surface area contributed by atoms with Crippen molar-refractivity contribution in [2.75, 3.05) is 25.0 Å². The van der Waals surface area contributed by atoms with Gasteiger partial charge in [0, 0.05) is 38.4 Å². The monoisotopic (exact) mass is 328 g/mol. The zero-order chi connectivity index (χ0) is 16.9. The van der Waals surface area contributed by atoms with Gasteiger partial charge in [-0.15, -0.1) is 0 Å². The number of hydrogen-bond donors (Lipinski definition) is 2. The SMILES string of the molecule is O=[N+]([O-])c1cccnc1NC[C@@H](O)CN1CCc2ccccc2C1. The highest BCUT2D eigenvalue weighted by Gasteiger charge is 2.19. The van der Waals surface area contributed by atoms with Gasteiger partial charge >= 0.3 is 5.69 Å². The van der Waals surface area contributed by atoms with Crippen LogP contribution in [0.2, 0.25) is 0 Å². The van der Waals surface area contributed by atoms with E-state index in [2.05, 4.69) is 27.3 Å². The third kappa shape index (κ3) is 3.87. The Morgan fingerprint density at radius 1 is 1.29 bits per heavy atom. The Bertz CT molecular complexity index is 722. The van der Waals surface area contributed by atoms with Crippen molar-refractivity contribution in [2.45, 2.75) is 19.1 Å². The maximum absolute atomic E-state index is 11.0. The number of anilines is 1. The molecule has 0 fully saturated rings. The van der Waals surface area contributed by atoms with Crippen LogP contribution in [0.25, 0.3) is 0 Å². The van der Waals surface area contributed by atoms with E-state index >= 15 is 0 Å². The number of fused-ring (bicyclic) bond motifs is 1. The predicted octanol–water partition coefficient (Wildman–Crippen LogP) is 1.82. The van der Waals surface area contributed by atoms with E-state index in [-0.39, 0.29) is 18.1 Å².